The third-order valence-electron chi connectivity index (χ3n) is 6.48. The highest BCUT2D eigenvalue weighted by Crippen LogP contribution is 2.38. The molecule has 8 nitrogen and oxygen atoms in total. The third kappa shape index (κ3) is 4.49. The van der Waals surface area contributed by atoms with Crippen LogP contribution in [0, 0.1) is 0 Å². The minimum absolute atomic E-state index is 0.210. The number of benzene rings is 3. The van der Waals surface area contributed by atoms with Gasteiger partial charge >= 0.3 is 0 Å². The van der Waals surface area contributed by atoms with E-state index >= 15 is 0 Å². The van der Waals surface area contributed by atoms with Gasteiger partial charge in [-0.2, -0.15) is 5.10 Å². The van der Waals surface area contributed by atoms with Crippen LogP contribution in [0.15, 0.2) is 109 Å². The Balaban J connectivity index is 1.39. The van der Waals surface area contributed by atoms with E-state index in [4.69, 9.17) is 4.74 Å². The molecule has 3 heterocycles. The number of para-hydroxylation sites is 1. The minimum Gasteiger partial charge on any atom is -0.457 e. The van der Waals surface area contributed by atoms with E-state index in [1.807, 2.05) is 85.8 Å². The van der Waals surface area contributed by atoms with Crippen LogP contribution in [0.5, 0.6) is 11.5 Å². The molecule has 1 unspecified atom stereocenters. The fraction of sp³-hybridized carbons (Fsp3) is 0.100. The molecule has 0 spiro atoms. The van der Waals surface area contributed by atoms with Crippen LogP contribution in [0.3, 0.4) is 0 Å². The fourth-order valence-corrected chi connectivity index (χ4v) is 4.73. The highest BCUT2D eigenvalue weighted by Gasteiger charge is 2.33. The van der Waals surface area contributed by atoms with Gasteiger partial charge in [0.05, 0.1) is 17.9 Å². The molecule has 0 saturated carbocycles. The lowest BCUT2D eigenvalue weighted by atomic mass is 9.94. The van der Waals surface area contributed by atoms with Crippen molar-refractivity contribution in [3.63, 3.8) is 0 Å². The van der Waals surface area contributed by atoms with Crippen LogP contribution >= 0.6 is 0 Å². The van der Waals surface area contributed by atoms with Crippen LogP contribution in [0.25, 0.3) is 10.8 Å². The van der Waals surface area contributed by atoms with E-state index in [2.05, 4.69) is 20.7 Å². The van der Waals surface area contributed by atoms with Gasteiger partial charge in [0.2, 0.25) is 0 Å². The quantitative estimate of drug-likeness (QED) is 0.277. The molecule has 3 aromatic carbocycles. The Morgan fingerprint density at radius 1 is 1.00 bits per heavy atom. The Labute approximate surface area is 219 Å². The van der Waals surface area contributed by atoms with Crippen LogP contribution in [-0.4, -0.2) is 25.8 Å². The first-order chi connectivity index (χ1) is 18.6. The molecule has 1 aliphatic heterocycles. The first-order valence-corrected chi connectivity index (χ1v) is 12.2. The van der Waals surface area contributed by atoms with Gasteiger partial charge in [0.1, 0.15) is 23.4 Å². The largest absolute Gasteiger partial charge is 0.457 e. The Morgan fingerprint density at radius 3 is 2.68 bits per heavy atom. The summed E-state index contributed by atoms with van der Waals surface area (Å²) in [5.41, 5.74) is 3.21. The predicted molar refractivity (Wildman–Crippen MR) is 146 cm³/mol. The number of allylic oxidation sites excluding steroid dienone is 1. The minimum atomic E-state index is -0.546. The number of aliphatic hydroxyl groups is 1. The number of hydrogen-bond acceptors (Lipinski definition) is 6. The molecule has 6 rings (SSSR count). The average Bonchev–Trinajstić information content (AvgIpc) is 3.35. The monoisotopic (exact) mass is 503 g/mol. The van der Waals surface area contributed by atoms with Crippen LogP contribution in [-0.2, 0) is 11.4 Å². The second kappa shape index (κ2) is 9.84. The molecule has 1 aliphatic rings. The number of hydrogen-bond donors (Lipinski definition) is 3. The number of fused-ring (bicyclic) bond motifs is 2. The topological polar surface area (TPSA) is 101 Å². The van der Waals surface area contributed by atoms with Crippen molar-refractivity contribution in [3.05, 3.63) is 120 Å². The lowest BCUT2D eigenvalue weighted by molar-refractivity contribution is -0.113. The Morgan fingerprint density at radius 2 is 1.84 bits per heavy atom. The van der Waals surface area contributed by atoms with E-state index in [0.29, 0.717) is 40.0 Å². The maximum atomic E-state index is 13.8. The summed E-state index contributed by atoms with van der Waals surface area (Å²) in [7, 11) is 0. The summed E-state index contributed by atoms with van der Waals surface area (Å²) in [4.78, 5) is 18.0. The SMILES string of the molecule is CC1=C(C(=O)Nc2ccc3cnccc3c2)C(c2cccc(Oc3ccccc3)c2)n2nc(CO)cc2N1. The average molecular weight is 504 g/mol. The number of rotatable bonds is 6. The van der Waals surface area contributed by atoms with E-state index in [1.54, 1.807) is 23.1 Å². The van der Waals surface area contributed by atoms with E-state index in [-0.39, 0.29) is 12.5 Å². The summed E-state index contributed by atoms with van der Waals surface area (Å²) >= 11 is 0. The molecule has 0 saturated heterocycles. The molecule has 188 valence electrons. The van der Waals surface area contributed by atoms with Crippen LogP contribution in [0.2, 0.25) is 0 Å². The summed E-state index contributed by atoms with van der Waals surface area (Å²) in [6.07, 6.45) is 3.52. The van der Waals surface area contributed by atoms with E-state index in [1.165, 1.54) is 0 Å². The van der Waals surface area contributed by atoms with E-state index in [9.17, 15) is 9.90 Å². The van der Waals surface area contributed by atoms with Gasteiger partial charge in [0.25, 0.3) is 5.91 Å². The van der Waals surface area contributed by atoms with Crippen molar-refractivity contribution in [1.29, 1.82) is 0 Å². The molecule has 0 bridgehead atoms. The summed E-state index contributed by atoms with van der Waals surface area (Å²) in [6.45, 7) is 1.66. The van der Waals surface area contributed by atoms with Crippen LogP contribution in [0.4, 0.5) is 11.5 Å². The van der Waals surface area contributed by atoms with Crippen molar-refractivity contribution >= 4 is 28.2 Å². The van der Waals surface area contributed by atoms with Crippen molar-refractivity contribution in [2.45, 2.75) is 19.6 Å². The van der Waals surface area contributed by atoms with Crippen LogP contribution in [0.1, 0.15) is 24.2 Å². The molecule has 2 aromatic heterocycles. The summed E-state index contributed by atoms with van der Waals surface area (Å²) < 4.78 is 7.81. The lowest BCUT2D eigenvalue weighted by Crippen LogP contribution is -2.31. The first-order valence-electron chi connectivity index (χ1n) is 12.2. The molecule has 0 fully saturated rings. The zero-order chi connectivity index (χ0) is 26.1. The number of carbonyl (C=O) groups is 1. The molecule has 3 N–H and O–H groups in total. The van der Waals surface area contributed by atoms with Gasteiger partial charge in [-0.1, -0.05) is 36.4 Å². The maximum absolute atomic E-state index is 13.8. The van der Waals surface area contributed by atoms with Gasteiger partial charge in [-0.05, 0) is 60.3 Å². The normalized spacial score (nSPS) is 14.6. The third-order valence-corrected chi connectivity index (χ3v) is 6.48. The number of aromatic nitrogens is 3. The second-order valence-corrected chi connectivity index (χ2v) is 9.07. The van der Waals surface area contributed by atoms with E-state index in [0.717, 1.165) is 16.3 Å². The maximum Gasteiger partial charge on any atom is 0.255 e. The number of nitrogens with one attached hydrogen (secondary N) is 2. The van der Waals surface area contributed by atoms with E-state index < -0.39 is 6.04 Å². The van der Waals surface area contributed by atoms with Crippen molar-refractivity contribution in [2.75, 3.05) is 10.6 Å². The molecule has 8 heteroatoms. The van der Waals surface area contributed by atoms with Crippen molar-refractivity contribution in [2.24, 2.45) is 0 Å². The number of pyridine rings is 1. The first kappa shape index (κ1) is 23.4. The van der Waals surface area contributed by atoms with Gasteiger partial charge in [-0.3, -0.25) is 9.78 Å². The van der Waals surface area contributed by atoms with Gasteiger partial charge in [-0.25, -0.2) is 4.68 Å². The van der Waals surface area contributed by atoms with Crippen molar-refractivity contribution < 1.29 is 14.6 Å². The number of amides is 1. The van der Waals surface area contributed by atoms with Crippen molar-refractivity contribution in [1.82, 2.24) is 14.8 Å². The van der Waals surface area contributed by atoms with Crippen molar-refractivity contribution in [3.8, 4) is 11.5 Å². The lowest BCUT2D eigenvalue weighted by Gasteiger charge is -2.30. The molecule has 1 atom stereocenters. The Bertz CT molecular complexity index is 1680. The number of aliphatic hydroxyl groups excluding tert-OH is 1. The molecule has 38 heavy (non-hydrogen) atoms. The summed E-state index contributed by atoms with van der Waals surface area (Å²) in [5, 5.41) is 22.7. The standard InChI is InChI=1S/C30H25N5O3/c1-19-28(30(37)33-23-11-10-22-17-31-13-12-20(22)14-23)29(35-27(32-19)16-24(18-36)34-35)21-6-5-9-26(15-21)38-25-7-3-2-4-8-25/h2-17,29,32,36H,18H2,1H3,(H,33,37). The second-order valence-electron chi connectivity index (χ2n) is 9.07. The zero-order valence-corrected chi connectivity index (χ0v) is 20.6. The van der Waals surface area contributed by atoms with Gasteiger partial charge in [0, 0.05) is 35.2 Å². The number of carbonyl (C=O) groups excluding carboxylic acids is 1. The van der Waals surface area contributed by atoms with Gasteiger partial charge < -0.3 is 20.5 Å². The highest BCUT2D eigenvalue weighted by atomic mass is 16.5. The molecule has 0 radical (unpaired) electrons. The Kier molecular flexibility index (Phi) is 6.07. The van der Waals surface area contributed by atoms with Gasteiger partial charge in [0.15, 0.2) is 0 Å². The van der Waals surface area contributed by atoms with Crippen LogP contribution < -0.4 is 15.4 Å². The molecular weight excluding hydrogens is 478 g/mol. The molecule has 1 amide bonds. The summed E-state index contributed by atoms with van der Waals surface area (Å²) in [6, 6.07) is 26.0. The number of ether oxygens (including phenoxy) is 1. The predicted octanol–water partition coefficient (Wildman–Crippen LogP) is 5.64. The molecular formula is C30H25N5O3. The fourth-order valence-electron chi connectivity index (χ4n) is 4.73. The van der Waals surface area contributed by atoms with Gasteiger partial charge in [-0.15, -0.1) is 0 Å². The zero-order valence-electron chi connectivity index (χ0n) is 20.6. The smallest absolute Gasteiger partial charge is 0.255 e. The molecule has 5 aromatic rings. The summed E-state index contributed by atoms with van der Waals surface area (Å²) in [5.74, 6) is 1.80. The molecule has 0 aliphatic carbocycles. The number of nitrogens with zero attached hydrogens (tertiary/aromatic N) is 3. The highest BCUT2D eigenvalue weighted by molar-refractivity contribution is 6.06. The Hall–Kier alpha value is -4.95. The number of anilines is 2.